The van der Waals surface area contributed by atoms with E-state index in [0.29, 0.717) is 5.69 Å². The van der Waals surface area contributed by atoms with Gasteiger partial charge >= 0.3 is 0 Å². The Morgan fingerprint density at radius 2 is 1.89 bits per heavy atom. The molecule has 1 aromatic heterocycles. The molecule has 7 heteroatoms. The van der Waals surface area contributed by atoms with Crippen molar-refractivity contribution in [3.63, 3.8) is 0 Å². The highest BCUT2D eigenvalue weighted by Crippen LogP contribution is 2.24. The van der Waals surface area contributed by atoms with E-state index in [2.05, 4.69) is 9.71 Å². The van der Waals surface area contributed by atoms with Crippen LogP contribution in [0.3, 0.4) is 0 Å². The molecule has 0 spiro atoms. The summed E-state index contributed by atoms with van der Waals surface area (Å²) in [5.41, 5.74) is 1.33. The molecule has 0 bridgehead atoms. The molecule has 2 rings (SSSR count). The Hall–Kier alpha value is -1.30. The lowest BCUT2D eigenvalue weighted by Gasteiger charge is -2.10. The highest BCUT2D eigenvalue weighted by molar-refractivity contribution is 7.92. The summed E-state index contributed by atoms with van der Waals surface area (Å²) in [5.74, 6) is 0. The second-order valence-corrected chi connectivity index (χ2v) is 6.31. The number of rotatable bonds is 3. The van der Waals surface area contributed by atoms with Crippen LogP contribution in [0.25, 0.3) is 0 Å². The molecule has 100 valence electrons. The van der Waals surface area contributed by atoms with E-state index in [1.807, 2.05) is 19.1 Å². The van der Waals surface area contributed by atoms with Crippen LogP contribution < -0.4 is 4.72 Å². The van der Waals surface area contributed by atoms with E-state index in [9.17, 15) is 8.42 Å². The van der Waals surface area contributed by atoms with Crippen molar-refractivity contribution in [3.05, 3.63) is 52.3 Å². The van der Waals surface area contributed by atoms with E-state index in [1.54, 1.807) is 12.1 Å². The Labute approximate surface area is 121 Å². The van der Waals surface area contributed by atoms with Gasteiger partial charge in [0.15, 0.2) is 0 Å². The fourth-order valence-corrected chi connectivity index (χ4v) is 2.88. The van der Waals surface area contributed by atoms with Gasteiger partial charge < -0.3 is 0 Å². The fraction of sp³-hybridized carbons (Fsp3) is 0.0833. The summed E-state index contributed by atoms with van der Waals surface area (Å²) in [4.78, 5) is 3.69. The molecule has 1 N–H and O–H groups in total. The number of aryl methyl sites for hydroxylation is 1. The van der Waals surface area contributed by atoms with Gasteiger partial charge in [0.25, 0.3) is 10.0 Å². The monoisotopic (exact) mass is 316 g/mol. The number of halogens is 2. The van der Waals surface area contributed by atoms with Crippen LogP contribution in [0, 0.1) is 6.92 Å². The quantitative estimate of drug-likeness (QED) is 0.882. The number of anilines is 1. The molecule has 0 fully saturated rings. The fourth-order valence-electron chi connectivity index (χ4n) is 1.44. The number of aromatic nitrogens is 1. The van der Waals surface area contributed by atoms with Crippen molar-refractivity contribution in [2.45, 2.75) is 11.8 Å². The van der Waals surface area contributed by atoms with Gasteiger partial charge in [-0.3, -0.25) is 4.72 Å². The first-order valence-corrected chi connectivity index (χ1v) is 7.53. The second-order valence-electron chi connectivity index (χ2n) is 3.86. The molecule has 0 unspecified atom stereocenters. The smallest absolute Gasteiger partial charge is 0.263 e. The van der Waals surface area contributed by atoms with Crippen molar-refractivity contribution in [3.8, 4) is 0 Å². The Morgan fingerprint density at radius 1 is 1.21 bits per heavy atom. The van der Waals surface area contributed by atoms with Gasteiger partial charge in [-0.1, -0.05) is 41.4 Å². The lowest BCUT2D eigenvalue weighted by Crippen LogP contribution is -2.14. The van der Waals surface area contributed by atoms with Gasteiger partial charge in [-0.2, -0.15) is 0 Å². The molecule has 1 heterocycles. The summed E-state index contributed by atoms with van der Waals surface area (Å²) in [5, 5.41) is 0.158. The number of pyridine rings is 1. The molecule has 2 aromatic rings. The molecule has 0 radical (unpaired) electrons. The number of benzene rings is 1. The zero-order chi connectivity index (χ0) is 14.0. The van der Waals surface area contributed by atoms with E-state index in [1.165, 1.54) is 6.07 Å². The van der Waals surface area contributed by atoms with E-state index >= 15 is 0 Å². The van der Waals surface area contributed by atoms with Crippen LogP contribution in [-0.2, 0) is 10.0 Å². The van der Waals surface area contributed by atoms with Crippen molar-refractivity contribution in [1.82, 2.24) is 4.98 Å². The maximum atomic E-state index is 12.2. The molecule has 0 amide bonds. The predicted molar refractivity (Wildman–Crippen MR) is 76.2 cm³/mol. The average Bonchev–Trinajstić information content (AvgIpc) is 2.35. The minimum absolute atomic E-state index is 0.0369. The molecule has 0 aliphatic carbocycles. The molecule has 4 nitrogen and oxygen atoms in total. The summed E-state index contributed by atoms with van der Waals surface area (Å²) >= 11 is 11.4. The summed E-state index contributed by atoms with van der Waals surface area (Å²) in [7, 11) is -3.73. The Morgan fingerprint density at radius 3 is 2.53 bits per heavy atom. The van der Waals surface area contributed by atoms with Crippen LogP contribution in [0.1, 0.15) is 5.56 Å². The second kappa shape index (κ2) is 5.36. The minimum Gasteiger partial charge on any atom is -0.279 e. The highest BCUT2D eigenvalue weighted by Gasteiger charge is 2.17. The van der Waals surface area contributed by atoms with E-state index < -0.39 is 10.0 Å². The lowest BCUT2D eigenvalue weighted by atomic mass is 10.2. The topological polar surface area (TPSA) is 59.1 Å². The highest BCUT2D eigenvalue weighted by atomic mass is 35.5. The van der Waals surface area contributed by atoms with Crippen molar-refractivity contribution >= 4 is 38.9 Å². The van der Waals surface area contributed by atoms with E-state index in [4.69, 9.17) is 23.2 Å². The van der Waals surface area contributed by atoms with E-state index in [-0.39, 0.29) is 15.1 Å². The Bertz CT molecular complexity index is 717. The van der Waals surface area contributed by atoms with Gasteiger partial charge in [0, 0.05) is 6.20 Å². The third-order valence-electron chi connectivity index (χ3n) is 2.47. The number of hydrogen-bond donors (Lipinski definition) is 1. The third kappa shape index (κ3) is 3.18. The van der Waals surface area contributed by atoms with Crippen LogP contribution in [-0.4, -0.2) is 13.4 Å². The van der Waals surface area contributed by atoms with Gasteiger partial charge in [-0.15, -0.1) is 0 Å². The first-order valence-electron chi connectivity index (χ1n) is 5.29. The number of nitrogens with zero attached hydrogens (tertiary/aromatic N) is 1. The van der Waals surface area contributed by atoms with Crippen LogP contribution in [0.5, 0.6) is 0 Å². The van der Waals surface area contributed by atoms with Crippen molar-refractivity contribution in [1.29, 1.82) is 0 Å². The standard InChI is InChI=1S/C12H10Cl2N2O2S/c1-8-4-2-3-5-11(8)16-19(17,18)9-6-10(13)12(14)15-7-9/h2-7,16H,1H3. The molecule has 0 saturated carbocycles. The minimum atomic E-state index is -3.73. The summed E-state index contributed by atoms with van der Waals surface area (Å²) < 4.78 is 26.8. The number of sulfonamides is 1. The van der Waals surface area contributed by atoms with Gasteiger partial charge in [-0.05, 0) is 24.6 Å². The summed E-state index contributed by atoms with van der Waals surface area (Å²) in [6.45, 7) is 1.81. The van der Waals surface area contributed by atoms with Gasteiger partial charge in [0.2, 0.25) is 0 Å². The van der Waals surface area contributed by atoms with E-state index in [0.717, 1.165) is 11.8 Å². The van der Waals surface area contributed by atoms with Crippen molar-refractivity contribution in [2.24, 2.45) is 0 Å². The molecular weight excluding hydrogens is 307 g/mol. The zero-order valence-corrected chi connectivity index (χ0v) is 12.2. The zero-order valence-electron chi connectivity index (χ0n) is 9.89. The maximum absolute atomic E-state index is 12.2. The van der Waals surface area contributed by atoms with Gasteiger partial charge in [-0.25, -0.2) is 13.4 Å². The van der Waals surface area contributed by atoms with Gasteiger partial charge in [0.1, 0.15) is 10.0 Å². The summed E-state index contributed by atoms with van der Waals surface area (Å²) in [6, 6.07) is 8.33. The first kappa shape index (κ1) is 14.1. The summed E-state index contributed by atoms with van der Waals surface area (Å²) in [6.07, 6.45) is 1.16. The maximum Gasteiger partial charge on any atom is 0.263 e. The molecule has 1 aromatic carbocycles. The predicted octanol–water partition coefficient (Wildman–Crippen LogP) is 3.50. The normalized spacial score (nSPS) is 11.3. The van der Waals surface area contributed by atoms with Crippen molar-refractivity contribution < 1.29 is 8.42 Å². The molecule has 0 saturated heterocycles. The molecule has 0 aliphatic heterocycles. The molecular formula is C12H10Cl2N2O2S. The van der Waals surface area contributed by atoms with Crippen molar-refractivity contribution in [2.75, 3.05) is 4.72 Å². The van der Waals surface area contributed by atoms with Crippen LogP contribution in [0.4, 0.5) is 5.69 Å². The average molecular weight is 317 g/mol. The lowest BCUT2D eigenvalue weighted by molar-refractivity contribution is 0.601. The van der Waals surface area contributed by atoms with Gasteiger partial charge in [0.05, 0.1) is 10.7 Å². The van der Waals surface area contributed by atoms with Crippen LogP contribution >= 0.6 is 23.2 Å². The first-order chi connectivity index (χ1) is 8.90. The number of para-hydroxylation sites is 1. The SMILES string of the molecule is Cc1ccccc1NS(=O)(=O)c1cnc(Cl)c(Cl)c1. The van der Waals surface area contributed by atoms with Crippen LogP contribution in [0.15, 0.2) is 41.4 Å². The molecule has 19 heavy (non-hydrogen) atoms. The molecule has 0 atom stereocenters. The Kier molecular flexibility index (Phi) is 3.99. The van der Waals surface area contributed by atoms with Crippen LogP contribution in [0.2, 0.25) is 10.2 Å². The third-order valence-corrected chi connectivity index (χ3v) is 4.49. The largest absolute Gasteiger partial charge is 0.279 e. The Balaban J connectivity index is 2.38. The number of nitrogens with one attached hydrogen (secondary N) is 1. The molecule has 0 aliphatic rings. The number of hydrogen-bond acceptors (Lipinski definition) is 3.